The molecule has 0 saturated heterocycles. The highest BCUT2D eigenvalue weighted by Gasteiger charge is 2.36. The van der Waals surface area contributed by atoms with Gasteiger partial charge in [-0.15, -0.1) is 0 Å². The molecule has 0 saturated carbocycles. The number of benzene rings is 9. The molecule has 0 atom stereocenters. The van der Waals surface area contributed by atoms with Crippen molar-refractivity contribution >= 4 is 60.9 Å². The fourth-order valence-electron chi connectivity index (χ4n) is 9.58. The Labute approximate surface area is 347 Å². The molecule has 0 bridgehead atoms. The fourth-order valence-corrected chi connectivity index (χ4v) is 9.58. The summed E-state index contributed by atoms with van der Waals surface area (Å²) in [6, 6.07) is 69.0. The summed E-state index contributed by atoms with van der Waals surface area (Å²) in [5, 5.41) is 4.43. The van der Waals surface area contributed by atoms with Crippen molar-refractivity contribution in [3.8, 4) is 44.8 Å². The lowest BCUT2D eigenvalue weighted by atomic mass is 9.82. The van der Waals surface area contributed by atoms with E-state index in [-0.39, 0.29) is 5.41 Å². The summed E-state index contributed by atoms with van der Waals surface area (Å²) >= 11 is 0. The van der Waals surface area contributed by atoms with Crippen LogP contribution < -0.4 is 4.90 Å². The Bertz CT molecular complexity index is 3450. The van der Waals surface area contributed by atoms with Gasteiger partial charge in [0.05, 0.1) is 5.69 Å². The smallest absolute Gasteiger partial charge is 0.227 e. The molecule has 4 nitrogen and oxygen atoms in total. The van der Waals surface area contributed by atoms with Crippen LogP contribution in [0.4, 0.5) is 17.1 Å². The van der Waals surface area contributed by atoms with E-state index in [0.717, 1.165) is 77.6 Å². The molecule has 4 heteroatoms. The third-order valence-electron chi connectivity index (χ3n) is 12.5. The third kappa shape index (κ3) is 5.27. The number of fused-ring (bicyclic) bond motifs is 9. The van der Waals surface area contributed by atoms with Crippen LogP contribution in [-0.4, -0.2) is 4.98 Å². The van der Waals surface area contributed by atoms with E-state index < -0.39 is 0 Å². The number of aromatic nitrogens is 1. The molecule has 0 fully saturated rings. The Balaban J connectivity index is 1.06. The van der Waals surface area contributed by atoms with Gasteiger partial charge in [-0.1, -0.05) is 147 Å². The van der Waals surface area contributed by atoms with Gasteiger partial charge >= 0.3 is 0 Å². The number of furan rings is 1. The van der Waals surface area contributed by atoms with Crippen molar-refractivity contribution in [2.75, 3.05) is 4.90 Å². The normalized spacial score (nSPS) is 13.0. The van der Waals surface area contributed by atoms with Crippen LogP contribution in [0.15, 0.2) is 203 Å². The van der Waals surface area contributed by atoms with E-state index in [0.29, 0.717) is 5.89 Å². The number of oxazole rings is 1. The Kier molecular flexibility index (Phi) is 7.54. The predicted octanol–water partition coefficient (Wildman–Crippen LogP) is 15.7. The highest BCUT2D eigenvalue weighted by Crippen LogP contribution is 2.52. The molecule has 9 aromatic carbocycles. The lowest BCUT2D eigenvalue weighted by molar-refractivity contribution is 0.620. The molecule has 11 aromatic rings. The van der Waals surface area contributed by atoms with E-state index in [1.807, 2.05) is 30.3 Å². The van der Waals surface area contributed by atoms with Gasteiger partial charge in [0.25, 0.3) is 0 Å². The van der Waals surface area contributed by atoms with E-state index in [2.05, 4.69) is 183 Å². The number of anilines is 3. The average Bonchev–Trinajstić information content (AvgIpc) is 3.97. The van der Waals surface area contributed by atoms with Gasteiger partial charge in [0.2, 0.25) is 5.89 Å². The Hall–Kier alpha value is -7.69. The van der Waals surface area contributed by atoms with Gasteiger partial charge in [-0.3, -0.25) is 0 Å². The molecule has 284 valence electrons. The lowest BCUT2D eigenvalue weighted by Crippen LogP contribution is -2.16. The molecule has 2 heterocycles. The standard InChI is InChI=1S/C56H38N2O2/c1-56(2)46-22-12-11-18-42(46)43-30-29-40(33-47(43)56)58(39-27-24-36(25-28-39)35-14-5-3-6-15-35)49-34-52-54(45-20-10-9-19-44(45)49)53-41(21-13-23-50(53)59-52)38-26-31-48-51(32-38)60-55(57-48)37-16-7-4-8-17-37/h3-34H,1-2H3. The number of nitrogens with zero attached hydrogens (tertiary/aromatic N) is 2. The molecule has 60 heavy (non-hydrogen) atoms. The van der Waals surface area contributed by atoms with Crippen LogP contribution in [0.3, 0.4) is 0 Å². The number of hydrogen-bond acceptors (Lipinski definition) is 4. The van der Waals surface area contributed by atoms with Crippen molar-refractivity contribution in [1.82, 2.24) is 4.98 Å². The maximum Gasteiger partial charge on any atom is 0.227 e. The van der Waals surface area contributed by atoms with Crippen LogP contribution in [0, 0.1) is 0 Å². The molecular formula is C56H38N2O2. The first-order valence-electron chi connectivity index (χ1n) is 20.5. The fraction of sp³-hybridized carbons (Fsp3) is 0.0536. The molecule has 12 rings (SSSR count). The van der Waals surface area contributed by atoms with Crippen molar-refractivity contribution in [2.45, 2.75) is 19.3 Å². The maximum absolute atomic E-state index is 6.90. The molecule has 0 unspecified atom stereocenters. The van der Waals surface area contributed by atoms with Crippen LogP contribution in [0.2, 0.25) is 0 Å². The zero-order chi connectivity index (χ0) is 40.0. The van der Waals surface area contributed by atoms with Gasteiger partial charge in [-0.25, -0.2) is 4.98 Å². The summed E-state index contributed by atoms with van der Waals surface area (Å²) in [6.45, 7) is 4.69. The van der Waals surface area contributed by atoms with Gasteiger partial charge in [0.1, 0.15) is 16.7 Å². The predicted molar refractivity (Wildman–Crippen MR) is 247 cm³/mol. The SMILES string of the molecule is CC1(C)c2ccccc2-c2ccc(N(c3ccc(-c4ccccc4)cc3)c3cc4oc5cccc(-c6ccc7nc(-c8ccccc8)oc7c6)c5c4c4ccccc34)cc21. The van der Waals surface area contributed by atoms with Crippen molar-refractivity contribution in [3.05, 3.63) is 205 Å². The summed E-state index contributed by atoms with van der Waals surface area (Å²) in [6.07, 6.45) is 0. The second-order valence-corrected chi connectivity index (χ2v) is 16.3. The van der Waals surface area contributed by atoms with E-state index in [1.165, 1.54) is 33.4 Å². The highest BCUT2D eigenvalue weighted by atomic mass is 16.3. The van der Waals surface area contributed by atoms with Gasteiger partial charge in [-0.2, -0.15) is 0 Å². The largest absolute Gasteiger partial charge is 0.456 e. The average molecular weight is 771 g/mol. The maximum atomic E-state index is 6.90. The summed E-state index contributed by atoms with van der Waals surface area (Å²) in [4.78, 5) is 7.21. The highest BCUT2D eigenvalue weighted by molar-refractivity contribution is 6.25. The molecule has 0 amide bonds. The topological polar surface area (TPSA) is 42.4 Å². The van der Waals surface area contributed by atoms with E-state index in [1.54, 1.807) is 0 Å². The summed E-state index contributed by atoms with van der Waals surface area (Å²) in [5.41, 5.74) is 17.0. The first-order chi connectivity index (χ1) is 29.5. The van der Waals surface area contributed by atoms with Crippen LogP contribution in [0.1, 0.15) is 25.0 Å². The number of rotatable bonds is 6. The van der Waals surface area contributed by atoms with E-state index in [9.17, 15) is 0 Å². The molecule has 0 aliphatic heterocycles. The van der Waals surface area contributed by atoms with Crippen molar-refractivity contribution in [3.63, 3.8) is 0 Å². The quantitative estimate of drug-likeness (QED) is 0.169. The number of hydrogen-bond donors (Lipinski definition) is 0. The summed E-state index contributed by atoms with van der Waals surface area (Å²) < 4.78 is 13.2. The van der Waals surface area contributed by atoms with Crippen molar-refractivity contribution in [1.29, 1.82) is 0 Å². The van der Waals surface area contributed by atoms with Gasteiger partial charge in [-0.05, 0) is 104 Å². The monoisotopic (exact) mass is 770 g/mol. The Morgan fingerprint density at radius 1 is 0.417 bits per heavy atom. The Morgan fingerprint density at radius 3 is 1.88 bits per heavy atom. The Morgan fingerprint density at radius 2 is 1.07 bits per heavy atom. The van der Waals surface area contributed by atoms with E-state index >= 15 is 0 Å². The van der Waals surface area contributed by atoms with Gasteiger partial charge in [0.15, 0.2) is 5.58 Å². The summed E-state index contributed by atoms with van der Waals surface area (Å²) in [5.74, 6) is 0.615. The molecule has 1 aliphatic carbocycles. The first-order valence-corrected chi connectivity index (χ1v) is 20.5. The second-order valence-electron chi connectivity index (χ2n) is 16.3. The molecule has 0 N–H and O–H groups in total. The van der Waals surface area contributed by atoms with Crippen LogP contribution in [0.25, 0.3) is 88.6 Å². The van der Waals surface area contributed by atoms with Crippen LogP contribution in [0.5, 0.6) is 0 Å². The lowest BCUT2D eigenvalue weighted by Gasteiger charge is -2.29. The molecule has 2 aromatic heterocycles. The minimum atomic E-state index is -0.149. The third-order valence-corrected chi connectivity index (χ3v) is 12.5. The molecular weight excluding hydrogens is 733 g/mol. The zero-order valence-corrected chi connectivity index (χ0v) is 33.2. The minimum Gasteiger partial charge on any atom is -0.456 e. The summed E-state index contributed by atoms with van der Waals surface area (Å²) in [7, 11) is 0. The van der Waals surface area contributed by atoms with Crippen LogP contribution in [-0.2, 0) is 5.41 Å². The minimum absolute atomic E-state index is 0.149. The van der Waals surface area contributed by atoms with Gasteiger partial charge in [0, 0.05) is 44.6 Å². The van der Waals surface area contributed by atoms with E-state index in [4.69, 9.17) is 13.8 Å². The van der Waals surface area contributed by atoms with Crippen molar-refractivity contribution < 1.29 is 8.83 Å². The molecule has 0 radical (unpaired) electrons. The van der Waals surface area contributed by atoms with Gasteiger partial charge < -0.3 is 13.7 Å². The van der Waals surface area contributed by atoms with Crippen molar-refractivity contribution in [2.24, 2.45) is 0 Å². The van der Waals surface area contributed by atoms with Crippen LogP contribution >= 0.6 is 0 Å². The molecule has 1 aliphatic rings. The molecule has 0 spiro atoms. The zero-order valence-electron chi connectivity index (χ0n) is 33.2. The second kappa shape index (κ2) is 13.2. The first kappa shape index (κ1) is 34.4.